The summed E-state index contributed by atoms with van der Waals surface area (Å²) in [4.78, 5) is 18.2. The fraction of sp³-hybridized carbons (Fsp3) is 0.158. The van der Waals surface area contributed by atoms with Gasteiger partial charge in [-0.15, -0.1) is 0 Å². The van der Waals surface area contributed by atoms with Crippen LogP contribution in [-0.4, -0.2) is 35.5 Å². The zero-order chi connectivity index (χ0) is 20.6. The first-order valence-electron chi connectivity index (χ1n) is 8.70. The van der Waals surface area contributed by atoms with Gasteiger partial charge in [0.25, 0.3) is 16.0 Å². The van der Waals surface area contributed by atoms with Crippen molar-refractivity contribution in [3.63, 3.8) is 0 Å². The van der Waals surface area contributed by atoms with Gasteiger partial charge in [-0.2, -0.15) is 8.42 Å². The smallest absolute Gasteiger partial charge is 0.273 e. The summed E-state index contributed by atoms with van der Waals surface area (Å²) in [6.07, 6.45) is 0.232. The zero-order valence-corrected chi connectivity index (χ0v) is 18.3. The van der Waals surface area contributed by atoms with Gasteiger partial charge in [0, 0.05) is 11.4 Å². The van der Waals surface area contributed by atoms with E-state index in [1.54, 1.807) is 0 Å². The highest BCUT2D eigenvalue weighted by Gasteiger charge is 2.39. The van der Waals surface area contributed by atoms with Crippen molar-refractivity contribution < 1.29 is 17.8 Å². The number of thioether (sulfide) groups is 2. The molecular weight excluding hydrogens is 448 g/mol. The topological polar surface area (TPSA) is 77.9 Å². The van der Waals surface area contributed by atoms with Crippen molar-refractivity contribution in [2.75, 3.05) is 22.1 Å². The molecule has 0 aromatic heterocycles. The lowest BCUT2D eigenvalue weighted by Gasteiger charge is -2.21. The second-order valence-corrected chi connectivity index (χ2v) is 10.6. The third-order valence-electron chi connectivity index (χ3n) is 4.37. The van der Waals surface area contributed by atoms with Crippen molar-refractivity contribution in [3.8, 4) is 0 Å². The molecule has 6 nitrogen and oxygen atoms in total. The molecule has 10 heteroatoms. The molecule has 1 N–H and O–H groups in total. The van der Waals surface area contributed by atoms with Gasteiger partial charge in [0.15, 0.2) is 4.32 Å². The van der Waals surface area contributed by atoms with E-state index < -0.39 is 10.1 Å². The molecule has 0 bridgehead atoms. The van der Waals surface area contributed by atoms with Crippen LogP contribution >= 0.6 is 35.7 Å². The molecular formula is C19H16N2O4S4. The quantitative estimate of drug-likeness (QED) is 0.402. The van der Waals surface area contributed by atoms with Crippen molar-refractivity contribution >= 4 is 67.5 Å². The Hall–Kier alpha value is -1.85. The average molecular weight is 465 g/mol. The number of hydrogen-bond acceptors (Lipinski definition) is 7. The van der Waals surface area contributed by atoms with E-state index >= 15 is 0 Å². The SMILES string of the molecule is O=C1C(=C2Sc3ccccc3N2CCCS(=O)(=O)O)SC(=S)N1c1ccccc1. The van der Waals surface area contributed by atoms with Crippen LogP contribution in [0, 0.1) is 0 Å². The highest BCUT2D eigenvalue weighted by molar-refractivity contribution is 8.27. The number of thiocarbonyl (C=S) groups is 1. The number of fused-ring (bicyclic) bond motifs is 1. The lowest BCUT2D eigenvalue weighted by atomic mass is 10.2. The summed E-state index contributed by atoms with van der Waals surface area (Å²) in [6, 6.07) is 16.9. The molecule has 4 rings (SSSR count). The fourth-order valence-corrected chi connectivity index (χ4v) is 6.26. The van der Waals surface area contributed by atoms with E-state index in [1.165, 1.54) is 28.4 Å². The first kappa shape index (κ1) is 20.4. The highest BCUT2D eigenvalue weighted by atomic mass is 32.2. The zero-order valence-electron chi connectivity index (χ0n) is 15.0. The summed E-state index contributed by atoms with van der Waals surface area (Å²) in [5.74, 6) is -0.532. The minimum atomic E-state index is -4.04. The van der Waals surface area contributed by atoms with Crippen LogP contribution in [0.4, 0.5) is 11.4 Å². The molecule has 0 atom stereocenters. The predicted molar refractivity (Wildman–Crippen MR) is 122 cm³/mol. The van der Waals surface area contributed by atoms with Gasteiger partial charge in [-0.05, 0) is 30.7 Å². The van der Waals surface area contributed by atoms with Crippen LogP contribution < -0.4 is 9.80 Å². The number of rotatable bonds is 5. The molecule has 2 heterocycles. The Morgan fingerprint density at radius 1 is 1.00 bits per heavy atom. The van der Waals surface area contributed by atoms with Crippen molar-refractivity contribution in [1.29, 1.82) is 0 Å². The first-order valence-corrected chi connectivity index (χ1v) is 12.4. The molecule has 29 heavy (non-hydrogen) atoms. The molecule has 2 aromatic carbocycles. The normalized spacial score (nSPS) is 19.2. The molecule has 2 aromatic rings. The molecule has 150 valence electrons. The minimum absolute atomic E-state index is 0.193. The Balaban J connectivity index is 1.69. The molecule has 0 saturated carbocycles. The van der Waals surface area contributed by atoms with E-state index in [9.17, 15) is 13.2 Å². The molecule has 2 aliphatic heterocycles. The van der Waals surface area contributed by atoms with Gasteiger partial charge < -0.3 is 4.90 Å². The van der Waals surface area contributed by atoms with Gasteiger partial charge in [0.05, 0.1) is 17.1 Å². The number of anilines is 2. The maximum atomic E-state index is 13.2. The van der Waals surface area contributed by atoms with Crippen molar-refractivity contribution in [1.82, 2.24) is 0 Å². The Labute approximate surface area is 182 Å². The van der Waals surface area contributed by atoms with E-state index in [2.05, 4.69) is 0 Å². The summed E-state index contributed by atoms with van der Waals surface area (Å²) in [7, 11) is -4.04. The maximum Gasteiger partial charge on any atom is 0.273 e. The Morgan fingerprint density at radius 3 is 2.41 bits per heavy atom. The van der Waals surface area contributed by atoms with Gasteiger partial charge in [-0.1, -0.05) is 66.1 Å². The van der Waals surface area contributed by atoms with E-state index in [1.807, 2.05) is 59.5 Å². The first-order chi connectivity index (χ1) is 13.8. The fourth-order valence-electron chi connectivity index (χ4n) is 3.13. The van der Waals surface area contributed by atoms with Crippen LogP contribution in [-0.2, 0) is 14.9 Å². The second kappa shape index (κ2) is 8.11. The molecule has 0 radical (unpaired) electrons. The van der Waals surface area contributed by atoms with Crippen LogP contribution in [0.3, 0.4) is 0 Å². The number of amides is 1. The van der Waals surface area contributed by atoms with Gasteiger partial charge in [-0.25, -0.2) is 0 Å². The highest BCUT2D eigenvalue weighted by Crippen LogP contribution is 2.51. The summed E-state index contributed by atoms with van der Waals surface area (Å²) < 4.78 is 31.8. The van der Waals surface area contributed by atoms with E-state index in [0.717, 1.165) is 15.6 Å². The number of benzene rings is 2. The number of carbonyl (C=O) groups is 1. The summed E-state index contributed by atoms with van der Waals surface area (Å²) >= 11 is 8.18. The van der Waals surface area contributed by atoms with Gasteiger partial charge in [-0.3, -0.25) is 14.2 Å². The lowest BCUT2D eigenvalue weighted by molar-refractivity contribution is -0.113. The Kier molecular flexibility index (Phi) is 5.71. The van der Waals surface area contributed by atoms with Gasteiger partial charge >= 0.3 is 0 Å². The van der Waals surface area contributed by atoms with Crippen molar-refractivity contribution in [2.24, 2.45) is 0 Å². The van der Waals surface area contributed by atoms with Crippen LogP contribution in [0.5, 0.6) is 0 Å². The monoisotopic (exact) mass is 464 g/mol. The molecule has 0 aliphatic carbocycles. The van der Waals surface area contributed by atoms with Crippen molar-refractivity contribution in [3.05, 3.63) is 64.5 Å². The van der Waals surface area contributed by atoms with Crippen molar-refractivity contribution in [2.45, 2.75) is 11.3 Å². The van der Waals surface area contributed by atoms with Crippen LogP contribution in [0.25, 0.3) is 0 Å². The van der Waals surface area contributed by atoms with Crippen LogP contribution in [0.15, 0.2) is 69.4 Å². The Morgan fingerprint density at radius 2 is 1.69 bits per heavy atom. The minimum Gasteiger partial charge on any atom is -0.334 e. The Bertz CT molecular complexity index is 1120. The molecule has 1 amide bonds. The maximum absolute atomic E-state index is 13.2. The largest absolute Gasteiger partial charge is 0.334 e. The summed E-state index contributed by atoms with van der Waals surface area (Å²) in [6.45, 7) is 0.356. The molecule has 2 aliphatic rings. The number of carbonyl (C=O) groups excluding carboxylic acids is 1. The lowest BCUT2D eigenvalue weighted by Crippen LogP contribution is -2.29. The number of para-hydroxylation sites is 2. The second-order valence-electron chi connectivity index (χ2n) is 6.34. The summed E-state index contributed by atoms with van der Waals surface area (Å²) in [5, 5.41) is 0.734. The third kappa shape index (κ3) is 4.22. The third-order valence-corrected chi connectivity index (χ3v) is 7.85. The molecule has 1 saturated heterocycles. The van der Waals surface area contributed by atoms with Gasteiger partial charge in [0.1, 0.15) is 9.93 Å². The molecule has 1 fully saturated rings. The molecule has 0 unspecified atom stereocenters. The van der Waals surface area contributed by atoms with E-state index in [0.29, 0.717) is 21.5 Å². The van der Waals surface area contributed by atoms with E-state index in [4.69, 9.17) is 16.8 Å². The summed E-state index contributed by atoms with van der Waals surface area (Å²) in [5.41, 5.74) is 1.62. The molecule has 0 spiro atoms. The van der Waals surface area contributed by atoms with E-state index in [-0.39, 0.29) is 18.1 Å². The van der Waals surface area contributed by atoms with Gasteiger partial charge in [0.2, 0.25) is 0 Å². The van der Waals surface area contributed by atoms with Crippen LogP contribution in [0.1, 0.15) is 6.42 Å². The standard InChI is InChI=1S/C19H16N2O4S4/c22-17-16(28-19(26)21(17)13-7-2-1-3-8-13)18-20(11-6-12-29(23,24)25)14-9-4-5-10-15(14)27-18/h1-5,7-10H,6,11-12H2,(H,23,24,25). The number of nitrogens with zero attached hydrogens (tertiary/aromatic N) is 2. The average Bonchev–Trinajstić information content (AvgIpc) is 3.18. The predicted octanol–water partition coefficient (Wildman–Crippen LogP) is 4.11. The number of hydrogen-bond donors (Lipinski definition) is 1. The van der Waals surface area contributed by atoms with Crippen LogP contribution in [0.2, 0.25) is 0 Å².